The van der Waals surface area contributed by atoms with Crippen LogP contribution < -0.4 is 0 Å². The highest BCUT2D eigenvalue weighted by atomic mass is 16.5. The van der Waals surface area contributed by atoms with Crippen LogP contribution in [0.15, 0.2) is 24.3 Å². The Balaban J connectivity index is 1.16. The first-order valence-electron chi connectivity index (χ1n) is 16.0. The molecule has 0 spiro atoms. The fourth-order valence-electron chi connectivity index (χ4n) is 6.81. The van der Waals surface area contributed by atoms with Crippen LogP contribution in [0, 0.1) is 11.8 Å². The minimum absolute atomic E-state index is 0.521. The van der Waals surface area contributed by atoms with E-state index in [1.807, 2.05) is 0 Å². The molecule has 1 heteroatoms. The Kier molecular flexibility index (Phi) is 14.5. The molecule has 0 aliphatic heterocycles. The number of benzene rings is 1. The summed E-state index contributed by atoms with van der Waals surface area (Å²) < 4.78 is 6.34. The van der Waals surface area contributed by atoms with Crippen molar-refractivity contribution in [3.8, 4) is 0 Å². The lowest BCUT2D eigenvalue weighted by Gasteiger charge is -2.30. The molecule has 2 aliphatic carbocycles. The zero-order valence-corrected chi connectivity index (χ0v) is 23.6. The molecule has 1 nitrogen and oxygen atoms in total. The Morgan fingerprint density at radius 1 is 0.600 bits per heavy atom. The van der Waals surface area contributed by atoms with Gasteiger partial charge in [-0.3, -0.25) is 0 Å². The maximum Gasteiger partial charge on any atom is 0.0575 e. The molecule has 0 saturated heterocycles. The summed E-state index contributed by atoms with van der Waals surface area (Å²) in [6.45, 7) is 5.57. The zero-order chi connectivity index (χ0) is 24.6. The second-order valence-corrected chi connectivity index (χ2v) is 12.1. The molecule has 0 N–H and O–H groups in total. The molecule has 3 rings (SSSR count). The Morgan fingerprint density at radius 3 is 1.77 bits per heavy atom. The minimum Gasteiger partial charge on any atom is -0.378 e. The van der Waals surface area contributed by atoms with E-state index >= 15 is 0 Å². The van der Waals surface area contributed by atoms with Crippen LogP contribution in [0.25, 0.3) is 0 Å². The maximum absolute atomic E-state index is 6.34. The molecule has 0 radical (unpaired) electrons. The fraction of sp³-hybridized carbons (Fsp3) is 0.824. The van der Waals surface area contributed by atoms with E-state index in [-0.39, 0.29) is 0 Å². The summed E-state index contributed by atoms with van der Waals surface area (Å²) in [6.07, 6.45) is 29.9. The first-order valence-corrected chi connectivity index (χ1v) is 16.0. The van der Waals surface area contributed by atoms with Gasteiger partial charge < -0.3 is 4.74 Å². The highest BCUT2D eigenvalue weighted by molar-refractivity contribution is 5.26. The van der Waals surface area contributed by atoms with E-state index in [1.54, 1.807) is 5.56 Å². The van der Waals surface area contributed by atoms with Crippen LogP contribution in [0.2, 0.25) is 0 Å². The monoisotopic (exact) mass is 482 g/mol. The van der Waals surface area contributed by atoms with Gasteiger partial charge in [-0.25, -0.2) is 0 Å². The number of rotatable bonds is 17. The van der Waals surface area contributed by atoms with Crippen molar-refractivity contribution in [1.29, 1.82) is 0 Å². The smallest absolute Gasteiger partial charge is 0.0575 e. The lowest BCUT2D eigenvalue weighted by Crippen LogP contribution is -2.21. The second-order valence-electron chi connectivity index (χ2n) is 12.1. The van der Waals surface area contributed by atoms with Crippen molar-refractivity contribution in [1.82, 2.24) is 0 Å². The van der Waals surface area contributed by atoms with Gasteiger partial charge >= 0.3 is 0 Å². The van der Waals surface area contributed by atoms with Crippen LogP contribution >= 0.6 is 0 Å². The number of hydrogen-bond donors (Lipinski definition) is 0. The van der Waals surface area contributed by atoms with Gasteiger partial charge in [0, 0.05) is 6.61 Å². The van der Waals surface area contributed by atoms with Gasteiger partial charge in [-0.2, -0.15) is 0 Å². The molecule has 35 heavy (non-hydrogen) atoms. The summed E-state index contributed by atoms with van der Waals surface area (Å²) in [4.78, 5) is 0. The van der Waals surface area contributed by atoms with Gasteiger partial charge in [0.15, 0.2) is 0 Å². The van der Waals surface area contributed by atoms with Crippen molar-refractivity contribution in [2.45, 2.75) is 161 Å². The molecular formula is C34H58O. The normalized spacial score (nSPS) is 25.1. The Bertz CT molecular complexity index is 618. The molecule has 0 amide bonds. The van der Waals surface area contributed by atoms with Gasteiger partial charge in [-0.1, -0.05) is 128 Å². The summed E-state index contributed by atoms with van der Waals surface area (Å²) in [7, 11) is 0. The van der Waals surface area contributed by atoms with Crippen LogP contribution in [0.1, 0.15) is 159 Å². The van der Waals surface area contributed by atoms with Crippen molar-refractivity contribution >= 4 is 0 Å². The molecule has 0 heterocycles. The van der Waals surface area contributed by atoms with E-state index in [4.69, 9.17) is 4.74 Å². The van der Waals surface area contributed by atoms with E-state index in [0.717, 1.165) is 24.4 Å². The van der Waals surface area contributed by atoms with Gasteiger partial charge in [0.25, 0.3) is 0 Å². The van der Waals surface area contributed by atoms with Crippen molar-refractivity contribution in [2.75, 3.05) is 6.61 Å². The van der Waals surface area contributed by atoms with Crippen molar-refractivity contribution in [3.05, 3.63) is 35.4 Å². The number of unbranched alkanes of at least 4 members (excludes halogenated alkanes) is 7. The van der Waals surface area contributed by atoms with Crippen LogP contribution in [-0.4, -0.2) is 12.7 Å². The van der Waals surface area contributed by atoms with E-state index in [2.05, 4.69) is 38.1 Å². The van der Waals surface area contributed by atoms with Crippen LogP contribution in [0.5, 0.6) is 0 Å². The molecule has 2 fully saturated rings. The molecule has 0 bridgehead atoms. The van der Waals surface area contributed by atoms with E-state index < -0.39 is 0 Å². The summed E-state index contributed by atoms with van der Waals surface area (Å²) in [5.41, 5.74) is 3.05. The molecule has 0 aromatic heterocycles. The second kappa shape index (κ2) is 17.6. The lowest BCUT2D eigenvalue weighted by atomic mass is 9.78. The molecule has 1 aromatic rings. The van der Waals surface area contributed by atoms with Gasteiger partial charge in [-0.15, -0.1) is 0 Å². The average Bonchev–Trinajstić information content (AvgIpc) is 2.90. The maximum atomic E-state index is 6.34. The van der Waals surface area contributed by atoms with Crippen molar-refractivity contribution in [3.63, 3.8) is 0 Å². The predicted molar refractivity (Wildman–Crippen MR) is 153 cm³/mol. The van der Waals surface area contributed by atoms with Crippen LogP contribution in [0.3, 0.4) is 0 Å². The highest BCUT2D eigenvalue weighted by Gasteiger charge is 2.24. The molecule has 2 saturated carbocycles. The fourth-order valence-corrected chi connectivity index (χ4v) is 6.81. The Labute approximate surface area is 219 Å². The zero-order valence-electron chi connectivity index (χ0n) is 23.6. The largest absolute Gasteiger partial charge is 0.378 e. The summed E-state index contributed by atoms with van der Waals surface area (Å²) >= 11 is 0. The average molecular weight is 483 g/mol. The van der Waals surface area contributed by atoms with Crippen molar-refractivity contribution in [2.24, 2.45) is 11.8 Å². The molecule has 0 atom stereocenters. The predicted octanol–water partition coefficient (Wildman–Crippen LogP) is 10.8. The third-order valence-corrected chi connectivity index (χ3v) is 9.21. The van der Waals surface area contributed by atoms with Crippen LogP contribution in [-0.2, 0) is 11.2 Å². The van der Waals surface area contributed by atoms with E-state index in [0.29, 0.717) is 6.10 Å². The summed E-state index contributed by atoms with van der Waals surface area (Å²) in [5.74, 6) is 2.78. The summed E-state index contributed by atoms with van der Waals surface area (Å²) in [5, 5.41) is 0. The molecular weight excluding hydrogens is 424 g/mol. The highest BCUT2D eigenvalue weighted by Crippen LogP contribution is 2.36. The number of ether oxygens (including phenoxy) is 1. The Hall–Kier alpha value is -0.820. The first-order chi connectivity index (χ1) is 17.3. The van der Waals surface area contributed by atoms with E-state index in [1.165, 1.54) is 140 Å². The van der Waals surface area contributed by atoms with Gasteiger partial charge in [-0.05, 0) is 73.8 Å². The van der Waals surface area contributed by atoms with E-state index in [9.17, 15) is 0 Å². The van der Waals surface area contributed by atoms with Crippen LogP contribution in [0.4, 0.5) is 0 Å². The third kappa shape index (κ3) is 11.4. The standard InChI is InChI=1S/C34H58O/c1-3-5-6-7-8-9-10-11-14-30-16-18-31(19-17-30)15-12-28-35-34-26-24-33(25-27-34)32-22-20-29(13-4-2)21-23-32/h20-23,30-31,33-34H,3-19,24-28H2,1-2H3/t30-,31-,33-,34-. The topological polar surface area (TPSA) is 9.23 Å². The molecule has 1 aromatic carbocycles. The SMILES string of the molecule is CCCCCCCCCC[C@H]1CC[C@H](CCCO[C@H]2CC[C@H](c3ccc(CCC)cc3)CC2)CC1. The number of hydrogen-bond acceptors (Lipinski definition) is 1. The first kappa shape index (κ1) is 28.7. The molecule has 200 valence electrons. The third-order valence-electron chi connectivity index (χ3n) is 9.21. The molecule has 2 aliphatic rings. The van der Waals surface area contributed by atoms with Gasteiger partial charge in [0.2, 0.25) is 0 Å². The summed E-state index contributed by atoms with van der Waals surface area (Å²) in [6, 6.07) is 9.49. The minimum atomic E-state index is 0.521. The van der Waals surface area contributed by atoms with Crippen molar-refractivity contribution < 1.29 is 4.74 Å². The Morgan fingerprint density at radius 2 is 1.17 bits per heavy atom. The molecule has 0 unspecified atom stereocenters. The van der Waals surface area contributed by atoms with Gasteiger partial charge in [0.1, 0.15) is 0 Å². The van der Waals surface area contributed by atoms with Gasteiger partial charge in [0.05, 0.1) is 6.10 Å². The lowest BCUT2D eigenvalue weighted by molar-refractivity contribution is 0.0204. The number of aryl methyl sites for hydroxylation is 1. The quantitative estimate of drug-likeness (QED) is 0.201.